The van der Waals surface area contributed by atoms with Crippen molar-refractivity contribution in [3.63, 3.8) is 0 Å². The number of nitrogens with one attached hydrogen (secondary N) is 1. The summed E-state index contributed by atoms with van der Waals surface area (Å²) in [6.45, 7) is 4.95. The number of aliphatic hydroxyl groups is 2. The predicted octanol–water partition coefficient (Wildman–Crippen LogP) is 24.3. The average molecular weight is 1150 g/mol. The zero-order valence-electron chi connectivity index (χ0n) is 55.5. The molecular formula is C76H145NO5. The third-order valence-electron chi connectivity index (χ3n) is 17.4. The van der Waals surface area contributed by atoms with Gasteiger partial charge in [0, 0.05) is 12.8 Å². The van der Waals surface area contributed by atoms with Crippen molar-refractivity contribution in [3.05, 3.63) is 36.5 Å². The van der Waals surface area contributed by atoms with Gasteiger partial charge in [-0.1, -0.05) is 352 Å². The molecule has 6 heteroatoms. The molecule has 0 heterocycles. The number of unbranched alkanes of at least 4 members (excludes halogenated alkanes) is 53. The lowest BCUT2D eigenvalue weighted by Gasteiger charge is -2.22. The van der Waals surface area contributed by atoms with Crippen molar-refractivity contribution in [2.75, 3.05) is 13.2 Å². The van der Waals surface area contributed by atoms with Crippen LogP contribution in [0.25, 0.3) is 0 Å². The summed E-state index contributed by atoms with van der Waals surface area (Å²) >= 11 is 0. The van der Waals surface area contributed by atoms with Gasteiger partial charge in [0.15, 0.2) is 0 Å². The highest BCUT2D eigenvalue weighted by molar-refractivity contribution is 5.76. The normalized spacial score (nSPS) is 12.7. The van der Waals surface area contributed by atoms with Crippen molar-refractivity contribution in [2.24, 2.45) is 0 Å². The van der Waals surface area contributed by atoms with Crippen molar-refractivity contribution in [1.29, 1.82) is 0 Å². The molecule has 0 spiro atoms. The topological polar surface area (TPSA) is 95.9 Å². The first kappa shape index (κ1) is 80.1. The number of carbonyl (C=O) groups excluding carboxylic acids is 2. The van der Waals surface area contributed by atoms with E-state index < -0.39 is 12.1 Å². The van der Waals surface area contributed by atoms with Gasteiger partial charge in [0.25, 0.3) is 0 Å². The Balaban J connectivity index is 3.31. The van der Waals surface area contributed by atoms with Gasteiger partial charge in [-0.25, -0.2) is 0 Å². The summed E-state index contributed by atoms with van der Waals surface area (Å²) in [5.74, 6) is -0.0212. The molecule has 1 amide bonds. The molecule has 0 fully saturated rings. The minimum Gasteiger partial charge on any atom is -0.466 e. The Morgan fingerprint density at radius 1 is 0.341 bits per heavy atom. The van der Waals surface area contributed by atoms with Gasteiger partial charge in [-0.2, -0.15) is 0 Å². The number of rotatable bonds is 70. The molecule has 0 aromatic rings. The first-order valence-electron chi connectivity index (χ1n) is 37.2. The molecule has 82 heavy (non-hydrogen) atoms. The summed E-state index contributed by atoms with van der Waals surface area (Å²) in [7, 11) is 0. The van der Waals surface area contributed by atoms with Crippen LogP contribution >= 0.6 is 0 Å². The number of hydrogen-bond donors (Lipinski definition) is 3. The highest BCUT2D eigenvalue weighted by atomic mass is 16.5. The van der Waals surface area contributed by atoms with Gasteiger partial charge in [-0.15, -0.1) is 0 Å². The molecule has 0 saturated carbocycles. The van der Waals surface area contributed by atoms with Crippen LogP contribution in [0.4, 0.5) is 0 Å². The molecule has 2 atom stereocenters. The van der Waals surface area contributed by atoms with Gasteiger partial charge in [-0.05, 0) is 83.5 Å². The van der Waals surface area contributed by atoms with E-state index in [4.69, 9.17) is 4.74 Å². The molecule has 0 aliphatic carbocycles. The molecule has 484 valence electrons. The Morgan fingerprint density at radius 3 is 0.951 bits per heavy atom. The predicted molar refractivity (Wildman–Crippen MR) is 361 cm³/mol. The molecule has 0 saturated heterocycles. The highest BCUT2D eigenvalue weighted by Crippen LogP contribution is 2.19. The maximum atomic E-state index is 12.5. The Hall–Kier alpha value is -1.92. The van der Waals surface area contributed by atoms with E-state index in [0.717, 1.165) is 51.4 Å². The first-order valence-corrected chi connectivity index (χ1v) is 37.2. The molecule has 0 aliphatic heterocycles. The molecule has 0 rings (SSSR count). The fourth-order valence-corrected chi connectivity index (χ4v) is 11.7. The van der Waals surface area contributed by atoms with Crippen molar-refractivity contribution >= 4 is 11.9 Å². The number of amides is 1. The molecule has 0 aromatic carbocycles. The standard InChI is InChI=1S/C76H145NO5/c1-3-5-7-9-11-13-15-17-18-43-46-50-54-58-62-66-70-76(81)82-71-67-63-59-55-51-47-44-41-39-37-35-33-31-29-27-25-23-21-19-20-22-24-26-28-30-32-34-36-38-40-42-45-49-53-57-61-65-69-75(80)77-73(72-78)74(79)68-64-60-56-52-48-16-14-12-10-8-6-4-2/h13,15,18-19,21,43,73-74,78-79H,3-12,14,16-17,20,22-42,44-72H2,1-2H3,(H,77,80)/b15-13-,21-19-,43-18-. The van der Waals surface area contributed by atoms with Crippen LogP contribution in [0, 0.1) is 0 Å². The van der Waals surface area contributed by atoms with Crippen molar-refractivity contribution in [1.82, 2.24) is 5.32 Å². The number of allylic oxidation sites excluding steroid dienone is 6. The van der Waals surface area contributed by atoms with E-state index in [1.807, 2.05) is 0 Å². The summed E-state index contributed by atoms with van der Waals surface area (Å²) < 4.78 is 5.50. The minimum absolute atomic E-state index is 0.00830. The third kappa shape index (κ3) is 67.2. The van der Waals surface area contributed by atoms with Crippen LogP contribution in [0.1, 0.15) is 412 Å². The second-order valence-electron chi connectivity index (χ2n) is 25.6. The fraction of sp³-hybridized carbons (Fsp3) is 0.895. The summed E-state index contributed by atoms with van der Waals surface area (Å²) in [6, 6.07) is -0.537. The number of carbonyl (C=O) groups is 2. The Morgan fingerprint density at radius 2 is 0.610 bits per heavy atom. The van der Waals surface area contributed by atoms with E-state index in [0.29, 0.717) is 25.9 Å². The summed E-state index contributed by atoms with van der Waals surface area (Å²) in [4.78, 5) is 24.6. The maximum absolute atomic E-state index is 12.5. The van der Waals surface area contributed by atoms with Crippen LogP contribution in [0.3, 0.4) is 0 Å². The molecule has 2 unspecified atom stereocenters. The Kier molecular flexibility index (Phi) is 69.9. The van der Waals surface area contributed by atoms with E-state index in [1.54, 1.807) is 0 Å². The Bertz CT molecular complexity index is 1330. The first-order chi connectivity index (χ1) is 40.5. The highest BCUT2D eigenvalue weighted by Gasteiger charge is 2.20. The number of hydrogen-bond acceptors (Lipinski definition) is 5. The van der Waals surface area contributed by atoms with Crippen LogP contribution in [-0.2, 0) is 14.3 Å². The molecule has 3 N–H and O–H groups in total. The smallest absolute Gasteiger partial charge is 0.305 e. The SMILES string of the molecule is CCCCCC/C=C\C/C=C\CCCCCCCC(=O)OCCCCCCCCCCCCCCCCCC/C=C\CCCCCCCCCCCCCCCCCCCC(=O)NC(CO)C(O)CCCCCCCCCCCCCC. The van der Waals surface area contributed by atoms with Crippen LogP contribution < -0.4 is 5.32 Å². The lowest BCUT2D eigenvalue weighted by molar-refractivity contribution is -0.143. The number of esters is 1. The summed E-state index contributed by atoms with van der Waals surface area (Å²) in [5, 5.41) is 23.3. The number of ether oxygens (including phenoxy) is 1. The van der Waals surface area contributed by atoms with Gasteiger partial charge in [-0.3, -0.25) is 9.59 Å². The van der Waals surface area contributed by atoms with Gasteiger partial charge >= 0.3 is 5.97 Å². The second kappa shape index (κ2) is 71.6. The van der Waals surface area contributed by atoms with E-state index >= 15 is 0 Å². The lowest BCUT2D eigenvalue weighted by atomic mass is 10.0. The quantitative estimate of drug-likeness (QED) is 0.0320. The van der Waals surface area contributed by atoms with Crippen molar-refractivity contribution < 1.29 is 24.5 Å². The van der Waals surface area contributed by atoms with Crippen LogP contribution in [0.2, 0.25) is 0 Å². The molecular weight excluding hydrogens is 1010 g/mol. The van der Waals surface area contributed by atoms with Crippen LogP contribution in [-0.4, -0.2) is 47.4 Å². The average Bonchev–Trinajstić information content (AvgIpc) is 3.48. The molecule has 0 radical (unpaired) electrons. The largest absolute Gasteiger partial charge is 0.466 e. The second-order valence-corrected chi connectivity index (χ2v) is 25.6. The van der Waals surface area contributed by atoms with Gasteiger partial charge < -0.3 is 20.3 Å². The van der Waals surface area contributed by atoms with Crippen LogP contribution in [0.15, 0.2) is 36.5 Å². The lowest BCUT2D eigenvalue weighted by Crippen LogP contribution is -2.45. The Labute approximate surface area is 513 Å². The molecule has 6 nitrogen and oxygen atoms in total. The molecule has 0 bridgehead atoms. The molecule has 0 aliphatic rings. The minimum atomic E-state index is -0.660. The van der Waals surface area contributed by atoms with Gasteiger partial charge in [0.05, 0.1) is 25.4 Å². The van der Waals surface area contributed by atoms with E-state index in [1.165, 1.54) is 327 Å². The van der Waals surface area contributed by atoms with Crippen LogP contribution in [0.5, 0.6) is 0 Å². The zero-order chi connectivity index (χ0) is 59.2. The van der Waals surface area contributed by atoms with E-state index in [2.05, 4.69) is 55.6 Å². The summed E-state index contributed by atoms with van der Waals surface area (Å²) in [5.41, 5.74) is 0. The van der Waals surface area contributed by atoms with E-state index in [9.17, 15) is 19.8 Å². The monoisotopic (exact) mass is 1150 g/mol. The molecule has 0 aromatic heterocycles. The van der Waals surface area contributed by atoms with Gasteiger partial charge in [0.2, 0.25) is 5.91 Å². The zero-order valence-corrected chi connectivity index (χ0v) is 55.5. The van der Waals surface area contributed by atoms with Gasteiger partial charge in [0.1, 0.15) is 0 Å². The number of aliphatic hydroxyl groups excluding tert-OH is 2. The summed E-state index contributed by atoms with van der Waals surface area (Å²) in [6.07, 6.45) is 92.3. The maximum Gasteiger partial charge on any atom is 0.305 e. The van der Waals surface area contributed by atoms with Crippen molar-refractivity contribution in [2.45, 2.75) is 424 Å². The van der Waals surface area contributed by atoms with Crippen molar-refractivity contribution in [3.8, 4) is 0 Å². The third-order valence-corrected chi connectivity index (χ3v) is 17.4. The fourth-order valence-electron chi connectivity index (χ4n) is 11.7. The van der Waals surface area contributed by atoms with E-state index in [-0.39, 0.29) is 18.5 Å².